The van der Waals surface area contributed by atoms with Crippen LogP contribution < -0.4 is 5.69 Å². The molecule has 0 spiro atoms. The normalized spacial score (nSPS) is 10.5. The van der Waals surface area contributed by atoms with Crippen LogP contribution in [0.2, 0.25) is 0 Å². The number of thiazole rings is 1. The van der Waals surface area contributed by atoms with Gasteiger partial charge in [-0.05, 0) is 6.92 Å². The molecule has 0 atom stereocenters. The molecule has 0 aromatic carbocycles. The van der Waals surface area contributed by atoms with E-state index in [4.69, 9.17) is 0 Å². The van der Waals surface area contributed by atoms with E-state index in [1.54, 1.807) is 33.8 Å². The van der Waals surface area contributed by atoms with Gasteiger partial charge in [0.05, 0.1) is 17.7 Å². The van der Waals surface area contributed by atoms with Crippen LogP contribution in [0.4, 0.5) is 0 Å². The van der Waals surface area contributed by atoms with Gasteiger partial charge in [0.25, 0.3) is 0 Å². The zero-order chi connectivity index (χ0) is 9.26. The van der Waals surface area contributed by atoms with E-state index in [-0.39, 0.29) is 5.69 Å². The van der Waals surface area contributed by atoms with E-state index in [1.165, 1.54) is 0 Å². The number of aromatic amines is 1. The largest absolute Gasteiger partial charge is 0.325 e. The number of H-pyrrole nitrogens is 1. The second-order valence-electron chi connectivity index (χ2n) is 2.75. The van der Waals surface area contributed by atoms with Gasteiger partial charge in [-0.3, -0.25) is 4.57 Å². The van der Waals surface area contributed by atoms with Gasteiger partial charge in [0, 0.05) is 17.3 Å². The lowest BCUT2D eigenvalue weighted by atomic mass is 10.4. The van der Waals surface area contributed by atoms with E-state index in [9.17, 15) is 4.79 Å². The van der Waals surface area contributed by atoms with Crippen molar-refractivity contribution in [3.63, 3.8) is 0 Å². The van der Waals surface area contributed by atoms with E-state index in [1.807, 2.05) is 6.92 Å². The van der Waals surface area contributed by atoms with Gasteiger partial charge in [-0.15, -0.1) is 11.3 Å². The summed E-state index contributed by atoms with van der Waals surface area (Å²) in [7, 11) is 0. The predicted octanol–water partition coefficient (Wildman–Crippen LogP) is 0.990. The minimum absolute atomic E-state index is 0.0761. The summed E-state index contributed by atoms with van der Waals surface area (Å²) in [5.41, 5.74) is 2.72. The summed E-state index contributed by atoms with van der Waals surface area (Å²) in [4.78, 5) is 19.0. The van der Waals surface area contributed by atoms with Crippen molar-refractivity contribution in [3.05, 3.63) is 39.0 Å². The molecule has 2 aromatic heterocycles. The van der Waals surface area contributed by atoms with Gasteiger partial charge >= 0.3 is 5.69 Å². The Hall–Kier alpha value is -1.36. The number of nitrogens with zero attached hydrogens (tertiary/aromatic N) is 2. The highest BCUT2D eigenvalue weighted by Crippen LogP contribution is 2.12. The van der Waals surface area contributed by atoms with Crippen molar-refractivity contribution in [2.24, 2.45) is 0 Å². The Balaban J connectivity index is 2.29. The molecule has 5 heteroatoms. The van der Waals surface area contributed by atoms with Crippen LogP contribution in [0.1, 0.15) is 10.6 Å². The van der Waals surface area contributed by atoms with Gasteiger partial charge < -0.3 is 4.98 Å². The van der Waals surface area contributed by atoms with Crippen molar-refractivity contribution in [2.45, 2.75) is 13.5 Å². The number of nitrogens with one attached hydrogen (secondary N) is 1. The molecule has 2 aromatic rings. The third-order valence-electron chi connectivity index (χ3n) is 1.88. The quantitative estimate of drug-likeness (QED) is 0.776. The first kappa shape index (κ1) is 8.25. The van der Waals surface area contributed by atoms with Crippen LogP contribution in [0.15, 0.2) is 22.7 Å². The number of aromatic nitrogens is 3. The SMILES string of the molecule is Cc1ncsc1Cn1cc[nH]c1=O. The lowest BCUT2D eigenvalue weighted by Crippen LogP contribution is -2.16. The Morgan fingerprint density at radius 1 is 1.69 bits per heavy atom. The fourth-order valence-corrected chi connectivity index (χ4v) is 1.88. The smallest absolute Gasteiger partial charge is 0.313 e. The summed E-state index contributed by atoms with van der Waals surface area (Å²) in [5.74, 6) is 0. The number of hydrogen-bond acceptors (Lipinski definition) is 3. The molecule has 0 aliphatic rings. The zero-order valence-electron chi connectivity index (χ0n) is 7.15. The third kappa shape index (κ3) is 1.55. The van der Waals surface area contributed by atoms with Crippen LogP contribution in [0.25, 0.3) is 0 Å². The number of hydrogen-bond donors (Lipinski definition) is 1. The molecule has 1 N–H and O–H groups in total. The highest BCUT2D eigenvalue weighted by molar-refractivity contribution is 7.09. The maximum atomic E-state index is 11.1. The highest BCUT2D eigenvalue weighted by Gasteiger charge is 2.03. The van der Waals surface area contributed by atoms with Gasteiger partial charge in [-0.2, -0.15) is 0 Å². The fraction of sp³-hybridized carbons (Fsp3) is 0.250. The Bertz CT molecular complexity index is 454. The molecule has 0 saturated carbocycles. The van der Waals surface area contributed by atoms with E-state index >= 15 is 0 Å². The monoisotopic (exact) mass is 195 g/mol. The van der Waals surface area contributed by atoms with Crippen molar-refractivity contribution in [1.82, 2.24) is 14.5 Å². The summed E-state index contributed by atoms with van der Waals surface area (Å²) in [6.07, 6.45) is 3.38. The second kappa shape index (κ2) is 3.18. The first-order valence-corrected chi connectivity index (χ1v) is 4.78. The maximum Gasteiger partial charge on any atom is 0.325 e. The van der Waals surface area contributed by atoms with Gasteiger partial charge in [-0.1, -0.05) is 0 Å². The summed E-state index contributed by atoms with van der Waals surface area (Å²) in [6, 6.07) is 0. The predicted molar refractivity (Wildman–Crippen MR) is 51.0 cm³/mol. The molecular formula is C8H9N3OS. The van der Waals surface area contributed by atoms with Crippen molar-refractivity contribution >= 4 is 11.3 Å². The first-order valence-electron chi connectivity index (χ1n) is 3.90. The first-order chi connectivity index (χ1) is 6.27. The summed E-state index contributed by atoms with van der Waals surface area (Å²) in [5, 5.41) is 0. The molecule has 13 heavy (non-hydrogen) atoms. The summed E-state index contributed by atoms with van der Waals surface area (Å²) < 4.78 is 1.63. The van der Waals surface area contributed by atoms with E-state index in [0.717, 1.165) is 10.6 Å². The Morgan fingerprint density at radius 2 is 2.54 bits per heavy atom. The van der Waals surface area contributed by atoms with E-state index in [0.29, 0.717) is 6.54 Å². The topological polar surface area (TPSA) is 50.7 Å². The van der Waals surface area contributed by atoms with Crippen LogP contribution in [-0.4, -0.2) is 14.5 Å². The minimum atomic E-state index is -0.0761. The number of rotatable bonds is 2. The molecule has 4 nitrogen and oxygen atoms in total. The van der Waals surface area contributed by atoms with Gasteiger partial charge in [0.15, 0.2) is 0 Å². The van der Waals surface area contributed by atoms with Crippen LogP contribution in [0.5, 0.6) is 0 Å². The molecule has 0 aliphatic heterocycles. The second-order valence-corrected chi connectivity index (χ2v) is 3.69. The summed E-state index contributed by atoms with van der Waals surface area (Å²) >= 11 is 1.57. The molecule has 0 saturated heterocycles. The molecule has 0 fully saturated rings. The zero-order valence-corrected chi connectivity index (χ0v) is 7.97. The van der Waals surface area contributed by atoms with Crippen molar-refractivity contribution < 1.29 is 0 Å². The molecule has 0 aliphatic carbocycles. The van der Waals surface area contributed by atoms with Gasteiger partial charge in [0.1, 0.15) is 0 Å². The Kier molecular flexibility index (Phi) is 2.02. The lowest BCUT2D eigenvalue weighted by Gasteiger charge is -1.97. The van der Waals surface area contributed by atoms with Crippen LogP contribution in [0, 0.1) is 6.92 Å². The van der Waals surface area contributed by atoms with Crippen molar-refractivity contribution in [2.75, 3.05) is 0 Å². The molecule has 0 radical (unpaired) electrons. The molecule has 0 amide bonds. The number of aryl methyl sites for hydroxylation is 1. The standard InChI is InChI=1S/C8H9N3OS/c1-6-7(13-5-10-6)4-11-3-2-9-8(11)12/h2-3,5H,4H2,1H3,(H,9,12). The van der Waals surface area contributed by atoms with Gasteiger partial charge in [-0.25, -0.2) is 9.78 Å². The Labute approximate surface area is 78.9 Å². The Morgan fingerprint density at radius 3 is 3.08 bits per heavy atom. The van der Waals surface area contributed by atoms with Crippen molar-refractivity contribution in [1.29, 1.82) is 0 Å². The average Bonchev–Trinajstić information content (AvgIpc) is 2.65. The number of imidazole rings is 1. The van der Waals surface area contributed by atoms with Crippen LogP contribution >= 0.6 is 11.3 Å². The summed E-state index contributed by atoms with van der Waals surface area (Å²) in [6.45, 7) is 2.56. The van der Waals surface area contributed by atoms with Crippen LogP contribution in [-0.2, 0) is 6.54 Å². The molecule has 0 bridgehead atoms. The molecule has 2 rings (SSSR count). The highest BCUT2D eigenvalue weighted by atomic mass is 32.1. The van der Waals surface area contributed by atoms with E-state index in [2.05, 4.69) is 9.97 Å². The van der Waals surface area contributed by atoms with E-state index < -0.39 is 0 Å². The molecule has 68 valence electrons. The van der Waals surface area contributed by atoms with Crippen LogP contribution in [0.3, 0.4) is 0 Å². The van der Waals surface area contributed by atoms with Crippen molar-refractivity contribution in [3.8, 4) is 0 Å². The molecule has 2 heterocycles. The average molecular weight is 195 g/mol. The third-order valence-corrected chi connectivity index (χ3v) is 2.80. The molecular weight excluding hydrogens is 186 g/mol. The van der Waals surface area contributed by atoms with Gasteiger partial charge in [0.2, 0.25) is 0 Å². The fourth-order valence-electron chi connectivity index (χ4n) is 1.11. The minimum Gasteiger partial charge on any atom is -0.313 e. The maximum absolute atomic E-state index is 11.1. The molecule has 0 unspecified atom stereocenters. The lowest BCUT2D eigenvalue weighted by molar-refractivity contribution is 0.766.